The predicted octanol–water partition coefficient (Wildman–Crippen LogP) is 3.85. The van der Waals surface area contributed by atoms with Gasteiger partial charge >= 0.3 is 5.97 Å². The zero-order valence-electron chi connectivity index (χ0n) is 15.4. The van der Waals surface area contributed by atoms with Crippen molar-refractivity contribution in [2.75, 3.05) is 30.9 Å². The highest BCUT2D eigenvalue weighted by atomic mass is 32.1. The van der Waals surface area contributed by atoms with Crippen LogP contribution in [0.5, 0.6) is 0 Å². The molecule has 1 aromatic carbocycles. The van der Waals surface area contributed by atoms with Gasteiger partial charge in [-0.1, -0.05) is 12.1 Å². The van der Waals surface area contributed by atoms with Gasteiger partial charge in [0, 0.05) is 26.3 Å². The maximum Gasteiger partial charge on any atom is 0.348 e. The van der Waals surface area contributed by atoms with Crippen molar-refractivity contribution >= 4 is 39.0 Å². The lowest BCUT2D eigenvalue weighted by Crippen LogP contribution is -2.09. The molecule has 2 aromatic heterocycles. The number of nitrogens with zero attached hydrogens (tertiary/aromatic N) is 3. The largest absolute Gasteiger partial charge is 0.462 e. The van der Waals surface area contributed by atoms with Gasteiger partial charge in [0.2, 0.25) is 0 Å². The van der Waals surface area contributed by atoms with E-state index < -0.39 is 0 Å². The zero-order valence-corrected chi connectivity index (χ0v) is 16.2. The third-order valence-corrected chi connectivity index (χ3v) is 5.25. The van der Waals surface area contributed by atoms with E-state index >= 15 is 0 Å². The normalized spacial score (nSPS) is 10.8. The van der Waals surface area contributed by atoms with E-state index in [0.717, 1.165) is 32.8 Å². The number of aromatic nitrogens is 2. The van der Waals surface area contributed by atoms with Gasteiger partial charge in [-0.15, -0.1) is 11.3 Å². The average Bonchev–Trinajstić information content (AvgIpc) is 2.98. The quantitative estimate of drug-likeness (QED) is 0.665. The highest BCUT2D eigenvalue weighted by Gasteiger charge is 2.20. The molecule has 6 nitrogen and oxygen atoms in total. The van der Waals surface area contributed by atoms with Crippen LogP contribution < -0.4 is 10.2 Å². The summed E-state index contributed by atoms with van der Waals surface area (Å²) in [5.74, 6) is 0.423. The number of thiophene rings is 1. The highest BCUT2D eigenvalue weighted by molar-refractivity contribution is 7.20. The fourth-order valence-corrected chi connectivity index (χ4v) is 3.77. The smallest absolute Gasteiger partial charge is 0.348 e. The average molecular weight is 370 g/mol. The van der Waals surface area contributed by atoms with Crippen LogP contribution in [-0.2, 0) is 11.3 Å². The molecule has 26 heavy (non-hydrogen) atoms. The van der Waals surface area contributed by atoms with Crippen LogP contribution in [0.2, 0.25) is 0 Å². The van der Waals surface area contributed by atoms with Crippen LogP contribution in [0.15, 0.2) is 30.6 Å². The van der Waals surface area contributed by atoms with Gasteiger partial charge in [-0.3, -0.25) is 0 Å². The topological polar surface area (TPSA) is 67.3 Å². The van der Waals surface area contributed by atoms with Crippen LogP contribution in [0.3, 0.4) is 0 Å². The first-order valence-corrected chi connectivity index (χ1v) is 9.24. The Hall–Kier alpha value is -2.67. The van der Waals surface area contributed by atoms with Gasteiger partial charge in [-0.05, 0) is 37.1 Å². The lowest BCUT2D eigenvalue weighted by atomic mass is 10.1. The van der Waals surface area contributed by atoms with Crippen molar-refractivity contribution in [3.8, 4) is 0 Å². The molecule has 0 aliphatic rings. The molecule has 7 heteroatoms. The molecule has 0 aliphatic carbocycles. The molecule has 0 fully saturated rings. The molecule has 0 radical (unpaired) electrons. The number of hydrogen-bond acceptors (Lipinski definition) is 7. The van der Waals surface area contributed by atoms with Crippen LogP contribution >= 0.6 is 11.3 Å². The van der Waals surface area contributed by atoms with Crippen LogP contribution in [0.4, 0.5) is 11.5 Å². The summed E-state index contributed by atoms with van der Waals surface area (Å²) in [5, 5.41) is 4.26. The standard InChI is InChI=1S/C19H22N4O2S/c1-5-25-19(24)16-12(2)15-17(21-11-22-18(15)26-16)20-10-13-7-6-8-14(9-13)23(3)4/h6-9,11H,5,10H2,1-4H3,(H,20,21,22). The van der Waals surface area contributed by atoms with Crippen molar-refractivity contribution < 1.29 is 9.53 Å². The number of rotatable bonds is 6. The summed E-state index contributed by atoms with van der Waals surface area (Å²) in [6, 6.07) is 8.32. The van der Waals surface area contributed by atoms with Gasteiger partial charge in [0.25, 0.3) is 0 Å². The van der Waals surface area contributed by atoms with Gasteiger partial charge < -0.3 is 15.0 Å². The third kappa shape index (κ3) is 3.62. The fraction of sp³-hybridized carbons (Fsp3) is 0.316. The van der Waals surface area contributed by atoms with Crippen molar-refractivity contribution in [1.82, 2.24) is 9.97 Å². The molecule has 2 heterocycles. The molecule has 0 bridgehead atoms. The molecule has 3 rings (SSSR count). The van der Waals surface area contributed by atoms with Crippen molar-refractivity contribution in [3.63, 3.8) is 0 Å². The first kappa shape index (κ1) is 18.1. The molecule has 0 aliphatic heterocycles. The molecular formula is C19H22N4O2S. The van der Waals surface area contributed by atoms with E-state index in [9.17, 15) is 4.79 Å². The molecule has 0 saturated carbocycles. The summed E-state index contributed by atoms with van der Waals surface area (Å²) in [4.78, 5) is 24.3. The van der Waals surface area contributed by atoms with E-state index in [2.05, 4.69) is 38.4 Å². The number of nitrogens with one attached hydrogen (secondary N) is 1. The molecule has 3 aromatic rings. The number of ether oxygens (including phenoxy) is 1. The highest BCUT2D eigenvalue weighted by Crippen LogP contribution is 2.33. The molecule has 136 valence electrons. The van der Waals surface area contributed by atoms with Crippen LogP contribution in [0.1, 0.15) is 27.7 Å². The minimum atomic E-state index is -0.308. The summed E-state index contributed by atoms with van der Waals surface area (Å²) >= 11 is 1.34. The Bertz CT molecular complexity index is 936. The van der Waals surface area contributed by atoms with E-state index in [4.69, 9.17) is 4.74 Å². The molecular weight excluding hydrogens is 348 g/mol. The lowest BCUT2D eigenvalue weighted by Gasteiger charge is -2.14. The van der Waals surface area contributed by atoms with Crippen molar-refractivity contribution in [2.45, 2.75) is 20.4 Å². The monoisotopic (exact) mass is 370 g/mol. The summed E-state index contributed by atoms with van der Waals surface area (Å²) < 4.78 is 5.14. The first-order chi connectivity index (χ1) is 12.5. The number of carbonyl (C=O) groups excluding carboxylic acids is 1. The maximum atomic E-state index is 12.1. The fourth-order valence-electron chi connectivity index (χ4n) is 2.73. The van der Waals surface area contributed by atoms with Gasteiger partial charge in [0.1, 0.15) is 21.9 Å². The van der Waals surface area contributed by atoms with Gasteiger partial charge in [0.05, 0.1) is 12.0 Å². The number of carbonyl (C=O) groups is 1. The second-order valence-electron chi connectivity index (χ2n) is 6.10. The van der Waals surface area contributed by atoms with E-state index in [1.165, 1.54) is 17.7 Å². The summed E-state index contributed by atoms with van der Waals surface area (Å²) in [6.07, 6.45) is 1.52. The summed E-state index contributed by atoms with van der Waals surface area (Å²) in [5.41, 5.74) is 3.16. The SMILES string of the molecule is CCOC(=O)c1sc2ncnc(NCc3cccc(N(C)C)c3)c2c1C. The Kier molecular flexibility index (Phi) is 5.37. The molecule has 0 spiro atoms. The summed E-state index contributed by atoms with van der Waals surface area (Å²) in [6.45, 7) is 4.70. The van der Waals surface area contributed by atoms with Crippen LogP contribution in [-0.4, -0.2) is 36.6 Å². The molecule has 0 saturated heterocycles. The Labute approximate surface area is 156 Å². The number of fused-ring (bicyclic) bond motifs is 1. The van der Waals surface area contributed by atoms with Crippen molar-refractivity contribution in [3.05, 3.63) is 46.6 Å². The molecule has 0 atom stereocenters. The van der Waals surface area contributed by atoms with E-state index in [-0.39, 0.29) is 5.97 Å². The van der Waals surface area contributed by atoms with Gasteiger partial charge in [-0.2, -0.15) is 0 Å². The second kappa shape index (κ2) is 7.70. The van der Waals surface area contributed by atoms with E-state index in [1.54, 1.807) is 6.92 Å². The zero-order chi connectivity index (χ0) is 18.7. The summed E-state index contributed by atoms with van der Waals surface area (Å²) in [7, 11) is 4.04. The van der Waals surface area contributed by atoms with Gasteiger partial charge in [0.15, 0.2) is 0 Å². The Balaban J connectivity index is 1.88. The maximum absolute atomic E-state index is 12.1. The number of anilines is 2. The third-order valence-electron chi connectivity index (χ3n) is 4.07. The number of benzene rings is 1. The van der Waals surface area contributed by atoms with E-state index in [0.29, 0.717) is 18.0 Å². The van der Waals surface area contributed by atoms with Crippen molar-refractivity contribution in [1.29, 1.82) is 0 Å². The number of aryl methyl sites for hydroxylation is 1. The molecule has 1 N–H and O–H groups in total. The van der Waals surface area contributed by atoms with Crippen LogP contribution in [0.25, 0.3) is 10.2 Å². The van der Waals surface area contributed by atoms with Crippen LogP contribution in [0, 0.1) is 6.92 Å². The Morgan fingerprint density at radius 1 is 1.31 bits per heavy atom. The molecule has 0 amide bonds. The lowest BCUT2D eigenvalue weighted by molar-refractivity contribution is 0.0531. The predicted molar refractivity (Wildman–Crippen MR) is 106 cm³/mol. The number of esters is 1. The minimum absolute atomic E-state index is 0.308. The Morgan fingerprint density at radius 3 is 2.85 bits per heavy atom. The van der Waals surface area contributed by atoms with E-state index in [1.807, 2.05) is 27.1 Å². The van der Waals surface area contributed by atoms with Crippen molar-refractivity contribution in [2.24, 2.45) is 0 Å². The molecule has 0 unspecified atom stereocenters. The first-order valence-electron chi connectivity index (χ1n) is 8.42. The van der Waals surface area contributed by atoms with Gasteiger partial charge in [-0.25, -0.2) is 14.8 Å². The second-order valence-corrected chi connectivity index (χ2v) is 7.10. The number of hydrogen-bond donors (Lipinski definition) is 1. The minimum Gasteiger partial charge on any atom is -0.462 e. The Morgan fingerprint density at radius 2 is 2.12 bits per heavy atom.